The van der Waals surface area contributed by atoms with Gasteiger partial charge in [-0.15, -0.1) is 0 Å². The van der Waals surface area contributed by atoms with E-state index < -0.39 is 0 Å². The number of para-hydroxylation sites is 1. The fraction of sp³-hybridized carbons (Fsp3) is 0. The highest BCUT2D eigenvalue weighted by molar-refractivity contribution is 6.24. The quantitative estimate of drug-likeness (QED) is 0.155. The minimum atomic E-state index is 0.589. The van der Waals surface area contributed by atoms with Gasteiger partial charge in [-0.2, -0.15) is 5.26 Å². The second-order valence-corrected chi connectivity index (χ2v) is 16.8. The number of nitrogens with zero attached hydrogens (tertiary/aromatic N) is 5. The Labute approximate surface area is 384 Å². The third-order valence-corrected chi connectivity index (χ3v) is 13.0. The molecule has 0 saturated carbocycles. The lowest BCUT2D eigenvalue weighted by Gasteiger charge is -2.17. The van der Waals surface area contributed by atoms with E-state index in [1.165, 1.54) is 0 Å². The highest BCUT2D eigenvalue weighted by Crippen LogP contribution is 2.44. The van der Waals surface area contributed by atoms with Crippen molar-refractivity contribution in [2.24, 2.45) is 0 Å². The molecule has 0 saturated heterocycles. The summed E-state index contributed by atoms with van der Waals surface area (Å²) < 4.78 is 6.16. The molecular weight excluding hydrogens is 819 g/mol. The normalized spacial score (nSPS) is 11.6. The Kier molecular flexibility index (Phi) is 8.80. The van der Waals surface area contributed by atoms with Crippen molar-refractivity contribution in [2.45, 2.75) is 0 Å². The van der Waals surface area contributed by atoms with E-state index in [2.05, 4.69) is 121 Å². The molecule has 0 aliphatic heterocycles. The van der Waals surface area contributed by atoms with Crippen LogP contribution >= 0.6 is 0 Å². The third-order valence-electron chi connectivity index (χ3n) is 13.0. The van der Waals surface area contributed by atoms with E-state index in [-0.39, 0.29) is 0 Å². The minimum Gasteiger partial charge on any atom is -0.456 e. The average Bonchev–Trinajstić information content (AvgIpc) is 3.78. The number of hydrogen-bond acceptors (Lipinski definition) is 6. The van der Waals surface area contributed by atoms with Crippen molar-refractivity contribution in [2.75, 3.05) is 0 Å². The predicted molar refractivity (Wildman–Crippen MR) is 272 cm³/mol. The summed E-state index contributed by atoms with van der Waals surface area (Å²) in [7, 11) is 0. The van der Waals surface area contributed by atoms with E-state index in [0.29, 0.717) is 23.0 Å². The van der Waals surface area contributed by atoms with Gasteiger partial charge in [-0.25, -0.2) is 15.0 Å². The zero-order chi connectivity index (χ0) is 44.4. The van der Waals surface area contributed by atoms with Crippen LogP contribution in [0, 0.1) is 11.3 Å². The summed E-state index contributed by atoms with van der Waals surface area (Å²) in [6, 6.07) is 73.5. The highest BCUT2D eigenvalue weighted by atomic mass is 16.3. The van der Waals surface area contributed by atoms with Crippen molar-refractivity contribution in [3.8, 4) is 73.6 Å². The molecule has 67 heavy (non-hydrogen) atoms. The van der Waals surface area contributed by atoms with Gasteiger partial charge < -0.3 is 4.42 Å². The molecule has 0 fully saturated rings. The van der Waals surface area contributed by atoms with Gasteiger partial charge in [-0.1, -0.05) is 146 Å². The number of fused-ring (bicyclic) bond motifs is 9. The van der Waals surface area contributed by atoms with Crippen LogP contribution in [0.4, 0.5) is 0 Å². The van der Waals surface area contributed by atoms with Crippen LogP contribution in [0.1, 0.15) is 5.56 Å². The van der Waals surface area contributed by atoms with Crippen LogP contribution in [0.3, 0.4) is 0 Å². The smallest absolute Gasteiger partial charge is 0.164 e. The molecule has 6 nitrogen and oxygen atoms in total. The maximum Gasteiger partial charge on any atom is 0.164 e. The van der Waals surface area contributed by atoms with Gasteiger partial charge in [0.1, 0.15) is 11.2 Å². The van der Waals surface area contributed by atoms with Crippen molar-refractivity contribution in [1.29, 1.82) is 5.26 Å². The van der Waals surface area contributed by atoms with E-state index in [1.54, 1.807) is 0 Å². The summed E-state index contributed by atoms with van der Waals surface area (Å²) >= 11 is 0. The summed E-state index contributed by atoms with van der Waals surface area (Å²) in [4.78, 5) is 20.4. The zero-order valence-corrected chi connectivity index (χ0v) is 35.9. The van der Waals surface area contributed by atoms with E-state index in [0.717, 1.165) is 115 Å². The molecule has 310 valence electrons. The van der Waals surface area contributed by atoms with E-state index in [1.807, 2.05) is 97.2 Å². The van der Waals surface area contributed by atoms with Crippen LogP contribution in [-0.4, -0.2) is 19.9 Å². The first-order valence-corrected chi connectivity index (χ1v) is 22.2. The van der Waals surface area contributed by atoms with Gasteiger partial charge in [0.2, 0.25) is 0 Å². The molecule has 3 heterocycles. The molecule has 0 atom stereocenters. The summed E-state index contributed by atoms with van der Waals surface area (Å²) in [5, 5.41) is 19.5. The first-order valence-electron chi connectivity index (χ1n) is 22.2. The van der Waals surface area contributed by atoms with E-state index in [4.69, 9.17) is 24.4 Å². The molecule has 0 radical (unpaired) electrons. The number of nitriles is 1. The fourth-order valence-corrected chi connectivity index (χ4v) is 9.82. The lowest BCUT2D eigenvalue weighted by molar-refractivity contribution is 0.669. The molecule has 6 heteroatoms. The number of pyridine rings is 1. The van der Waals surface area contributed by atoms with Gasteiger partial charge in [0.15, 0.2) is 17.5 Å². The number of rotatable bonds is 6. The summed E-state index contributed by atoms with van der Waals surface area (Å²) in [6.07, 6.45) is 1.88. The summed E-state index contributed by atoms with van der Waals surface area (Å²) in [6.45, 7) is 0. The fourth-order valence-electron chi connectivity index (χ4n) is 9.82. The molecule has 0 aliphatic rings. The molecular formula is C61H35N5O. The maximum atomic E-state index is 9.50. The third kappa shape index (κ3) is 6.41. The van der Waals surface area contributed by atoms with Crippen molar-refractivity contribution in [1.82, 2.24) is 19.9 Å². The number of hydrogen-bond donors (Lipinski definition) is 0. The Balaban J connectivity index is 0.956. The number of furan rings is 1. The molecule has 0 bridgehead atoms. The highest BCUT2D eigenvalue weighted by Gasteiger charge is 2.19. The SMILES string of the molecule is N#Cc1ccc(-c2cc3c4cccnc4c(-c4ccc(-c5cccc(-c6nc(-c7ccccc7)nc(-c7ccc8oc9ccccc9c8c7)n6)c5)c5ccccc45)cc3c3ccccc23)cc1. The number of benzene rings is 10. The molecule has 0 amide bonds. The van der Waals surface area contributed by atoms with Crippen LogP contribution in [0.5, 0.6) is 0 Å². The lowest BCUT2D eigenvalue weighted by atomic mass is 9.87. The largest absolute Gasteiger partial charge is 0.456 e. The molecule has 13 rings (SSSR count). The Bertz CT molecular complexity index is 4170. The van der Waals surface area contributed by atoms with E-state index in [9.17, 15) is 5.26 Å². The van der Waals surface area contributed by atoms with Gasteiger partial charge >= 0.3 is 0 Å². The van der Waals surface area contributed by atoms with Crippen LogP contribution < -0.4 is 0 Å². The van der Waals surface area contributed by atoms with E-state index >= 15 is 0 Å². The predicted octanol–water partition coefficient (Wildman–Crippen LogP) is 15.7. The lowest BCUT2D eigenvalue weighted by Crippen LogP contribution is -2.00. The molecule has 13 aromatic rings. The van der Waals surface area contributed by atoms with Crippen LogP contribution in [0.2, 0.25) is 0 Å². The topological polar surface area (TPSA) is 88.5 Å². The summed E-state index contributed by atoms with van der Waals surface area (Å²) in [5.74, 6) is 1.78. The van der Waals surface area contributed by atoms with Gasteiger partial charge in [0.25, 0.3) is 0 Å². The standard InChI is InChI=1S/C61H35N5O/c62-36-37-23-25-38(26-24-37)51-34-53-50-21-11-31-63-58(50)55(35-52(53)47-19-7-6-18-46(47)51)48-29-28-43(44-16-4-5-17-45(44)48)40-14-10-15-41(32-40)60-64-59(39-12-2-1-3-13-39)65-61(66-60)42-27-30-57-54(33-42)49-20-8-9-22-56(49)67-57/h1-35H. The Morgan fingerprint density at radius 1 is 0.328 bits per heavy atom. The van der Waals surface area contributed by atoms with Crippen molar-refractivity contribution in [3.63, 3.8) is 0 Å². The van der Waals surface area contributed by atoms with Gasteiger partial charge in [-0.3, -0.25) is 4.98 Å². The zero-order valence-electron chi connectivity index (χ0n) is 35.9. The van der Waals surface area contributed by atoms with Gasteiger partial charge in [0.05, 0.1) is 17.1 Å². The summed E-state index contributed by atoms with van der Waals surface area (Å²) in [5.41, 5.74) is 12.5. The van der Waals surface area contributed by atoms with Crippen molar-refractivity contribution < 1.29 is 4.42 Å². The first-order chi connectivity index (χ1) is 33.1. The molecule has 0 aliphatic carbocycles. The average molecular weight is 854 g/mol. The van der Waals surface area contributed by atoms with Crippen molar-refractivity contribution >= 4 is 65.2 Å². The second-order valence-electron chi connectivity index (χ2n) is 16.8. The van der Waals surface area contributed by atoms with Crippen LogP contribution in [0.25, 0.3) is 133 Å². The molecule has 0 spiro atoms. The van der Waals surface area contributed by atoms with Crippen molar-refractivity contribution in [3.05, 3.63) is 218 Å². The molecule has 10 aromatic carbocycles. The second kappa shape index (κ2) is 15.4. The molecule has 0 unspecified atom stereocenters. The Morgan fingerprint density at radius 2 is 0.881 bits per heavy atom. The van der Waals surface area contributed by atoms with Gasteiger partial charge in [0, 0.05) is 44.6 Å². The first kappa shape index (κ1) is 38.2. The maximum absolute atomic E-state index is 9.50. The Hall–Kier alpha value is -9.31. The van der Waals surface area contributed by atoms with Gasteiger partial charge in [-0.05, 0) is 121 Å². The van der Waals surface area contributed by atoms with Crippen LogP contribution in [0.15, 0.2) is 217 Å². The number of aromatic nitrogens is 4. The van der Waals surface area contributed by atoms with Crippen LogP contribution in [-0.2, 0) is 0 Å². The Morgan fingerprint density at radius 3 is 1.66 bits per heavy atom. The molecule has 0 N–H and O–H groups in total. The minimum absolute atomic E-state index is 0.589. The molecule has 3 aromatic heterocycles. The monoisotopic (exact) mass is 853 g/mol.